The summed E-state index contributed by atoms with van der Waals surface area (Å²) in [5.41, 5.74) is 8.57. The van der Waals surface area contributed by atoms with Gasteiger partial charge in [-0.3, -0.25) is 0 Å². The van der Waals surface area contributed by atoms with Crippen LogP contribution in [0.1, 0.15) is 41.0 Å². The fourth-order valence-electron chi connectivity index (χ4n) is 1.88. The lowest BCUT2D eigenvalue weighted by molar-refractivity contribution is 0.234. The normalized spacial score (nSPS) is 18.1. The molecular formula is C16H28N2O. The van der Waals surface area contributed by atoms with Gasteiger partial charge in [-0.15, -0.1) is 0 Å². The third kappa shape index (κ3) is 5.62. The van der Waals surface area contributed by atoms with E-state index >= 15 is 0 Å². The van der Waals surface area contributed by atoms with Crippen LogP contribution in [0.2, 0.25) is 0 Å². The van der Waals surface area contributed by atoms with Crippen molar-refractivity contribution in [2.45, 2.75) is 52.6 Å². The molecule has 0 spiro atoms. The van der Waals surface area contributed by atoms with E-state index in [9.17, 15) is 0 Å². The maximum absolute atomic E-state index is 6.01. The highest BCUT2D eigenvalue weighted by Gasteiger charge is 2.14. The van der Waals surface area contributed by atoms with Crippen molar-refractivity contribution in [2.24, 2.45) is 5.73 Å². The Kier molecular flexibility index (Phi) is 5.83. The second-order valence-electron chi connectivity index (χ2n) is 6.04. The molecule has 0 heterocycles. The first kappa shape index (κ1) is 16.0. The maximum Gasteiger partial charge on any atom is 0.120 e. The van der Waals surface area contributed by atoms with Crippen molar-refractivity contribution in [3.8, 4) is 0 Å². The van der Waals surface area contributed by atoms with Crippen molar-refractivity contribution in [2.75, 3.05) is 13.2 Å². The van der Waals surface area contributed by atoms with Gasteiger partial charge in [0.15, 0.2) is 0 Å². The Morgan fingerprint density at radius 3 is 2.58 bits per heavy atom. The van der Waals surface area contributed by atoms with Gasteiger partial charge in [-0.05, 0) is 47.1 Å². The van der Waals surface area contributed by atoms with E-state index in [1.807, 2.05) is 13.8 Å². The molecule has 0 bridgehead atoms. The molecule has 0 unspecified atom stereocenters. The van der Waals surface area contributed by atoms with Crippen LogP contribution in [0.3, 0.4) is 0 Å². The van der Waals surface area contributed by atoms with E-state index in [1.54, 1.807) is 0 Å². The van der Waals surface area contributed by atoms with Gasteiger partial charge in [0.1, 0.15) is 5.76 Å². The first-order valence-electron chi connectivity index (χ1n) is 7.07. The average molecular weight is 264 g/mol. The monoisotopic (exact) mass is 264 g/mol. The summed E-state index contributed by atoms with van der Waals surface area (Å²) in [5.74, 6) is 0.930. The smallest absolute Gasteiger partial charge is 0.120 e. The number of allylic oxidation sites excluding steroid dienone is 3. The molecule has 1 rings (SSSR count). The topological polar surface area (TPSA) is 47.3 Å². The van der Waals surface area contributed by atoms with Crippen LogP contribution in [0.15, 0.2) is 35.1 Å². The molecule has 0 fully saturated rings. The minimum Gasteiger partial charge on any atom is -0.494 e. The Bertz CT molecular complexity index is 384. The lowest BCUT2D eigenvalue weighted by atomic mass is 10.1. The first-order chi connectivity index (χ1) is 8.83. The number of nitrogens with two attached hydrogens (primary N) is 1. The molecule has 1 atom stereocenters. The highest BCUT2D eigenvalue weighted by molar-refractivity contribution is 5.38. The highest BCUT2D eigenvalue weighted by atomic mass is 16.5. The molecule has 0 saturated heterocycles. The molecule has 0 aromatic carbocycles. The van der Waals surface area contributed by atoms with E-state index in [2.05, 4.69) is 44.3 Å². The molecule has 3 nitrogen and oxygen atoms in total. The number of hydrogen-bond acceptors (Lipinski definition) is 3. The fourth-order valence-corrected chi connectivity index (χ4v) is 1.88. The summed E-state index contributed by atoms with van der Waals surface area (Å²) in [7, 11) is 0. The van der Waals surface area contributed by atoms with Gasteiger partial charge in [-0.25, -0.2) is 0 Å². The third-order valence-electron chi connectivity index (χ3n) is 2.97. The summed E-state index contributed by atoms with van der Waals surface area (Å²) < 4.78 is 5.69. The van der Waals surface area contributed by atoms with Crippen LogP contribution in [0.5, 0.6) is 0 Å². The third-order valence-corrected chi connectivity index (χ3v) is 2.97. The summed E-state index contributed by atoms with van der Waals surface area (Å²) in [6, 6.07) is -0.0102. The Morgan fingerprint density at radius 2 is 2.05 bits per heavy atom. The zero-order valence-electron chi connectivity index (χ0n) is 12.9. The van der Waals surface area contributed by atoms with Crippen molar-refractivity contribution in [3.05, 3.63) is 35.1 Å². The molecule has 1 aliphatic rings. The Balaban J connectivity index is 2.80. The Labute approximate surface area is 117 Å². The SMILES string of the molecule is CCOC1=CCC(CNC(C)(C)C)=CC=C1[C@@H](C)N. The standard InChI is InChI=1S/C16H28N2O/c1-6-19-15-10-8-13(11-18-16(3,4)5)7-9-14(15)12(2)17/h7,9-10,12,18H,6,8,11,17H2,1-5H3/t12-/m1/s1. The van der Waals surface area contributed by atoms with Crippen molar-refractivity contribution in [1.82, 2.24) is 5.32 Å². The molecular weight excluding hydrogens is 236 g/mol. The molecule has 3 N–H and O–H groups in total. The molecule has 0 radical (unpaired) electrons. The maximum atomic E-state index is 6.01. The van der Waals surface area contributed by atoms with Crippen molar-refractivity contribution in [1.29, 1.82) is 0 Å². The van der Waals surface area contributed by atoms with Crippen LogP contribution >= 0.6 is 0 Å². The molecule has 0 aliphatic heterocycles. The first-order valence-corrected chi connectivity index (χ1v) is 7.07. The Morgan fingerprint density at radius 1 is 1.37 bits per heavy atom. The quantitative estimate of drug-likeness (QED) is 0.802. The number of hydrogen-bond donors (Lipinski definition) is 2. The lowest BCUT2D eigenvalue weighted by Gasteiger charge is -2.21. The van der Waals surface area contributed by atoms with Crippen LogP contribution < -0.4 is 11.1 Å². The molecule has 3 heteroatoms. The summed E-state index contributed by atoms with van der Waals surface area (Å²) in [6.07, 6.45) is 7.31. The van der Waals surface area contributed by atoms with Gasteiger partial charge in [-0.2, -0.15) is 0 Å². The summed E-state index contributed by atoms with van der Waals surface area (Å²) in [6.45, 7) is 12.1. The lowest BCUT2D eigenvalue weighted by Crippen LogP contribution is -2.37. The second kappa shape index (κ2) is 6.92. The molecule has 0 aromatic rings. The average Bonchev–Trinajstić information content (AvgIpc) is 2.49. The van der Waals surface area contributed by atoms with Gasteiger partial charge >= 0.3 is 0 Å². The summed E-state index contributed by atoms with van der Waals surface area (Å²) >= 11 is 0. The van der Waals surface area contributed by atoms with E-state index < -0.39 is 0 Å². The highest BCUT2D eigenvalue weighted by Crippen LogP contribution is 2.21. The van der Waals surface area contributed by atoms with Gasteiger partial charge in [0.25, 0.3) is 0 Å². The van der Waals surface area contributed by atoms with E-state index in [0.29, 0.717) is 6.61 Å². The van der Waals surface area contributed by atoms with Gasteiger partial charge in [0.05, 0.1) is 6.61 Å². The molecule has 0 amide bonds. The van der Waals surface area contributed by atoms with Gasteiger partial charge in [-0.1, -0.05) is 17.7 Å². The van der Waals surface area contributed by atoms with E-state index in [1.165, 1.54) is 5.57 Å². The predicted molar refractivity (Wildman–Crippen MR) is 81.9 cm³/mol. The van der Waals surface area contributed by atoms with E-state index in [-0.39, 0.29) is 11.6 Å². The van der Waals surface area contributed by atoms with Crippen LogP contribution in [-0.2, 0) is 4.74 Å². The van der Waals surface area contributed by atoms with Crippen LogP contribution in [0, 0.1) is 0 Å². The van der Waals surface area contributed by atoms with Gasteiger partial charge < -0.3 is 15.8 Å². The van der Waals surface area contributed by atoms with Crippen LogP contribution in [0.4, 0.5) is 0 Å². The number of ether oxygens (including phenoxy) is 1. The molecule has 19 heavy (non-hydrogen) atoms. The molecule has 1 aliphatic carbocycles. The number of rotatable bonds is 5. The van der Waals surface area contributed by atoms with Crippen molar-refractivity contribution < 1.29 is 4.74 Å². The van der Waals surface area contributed by atoms with Crippen molar-refractivity contribution in [3.63, 3.8) is 0 Å². The van der Waals surface area contributed by atoms with E-state index in [0.717, 1.165) is 24.3 Å². The molecule has 108 valence electrons. The largest absolute Gasteiger partial charge is 0.494 e. The minimum absolute atomic E-state index is 0.0102. The van der Waals surface area contributed by atoms with Crippen LogP contribution in [0.25, 0.3) is 0 Å². The zero-order chi connectivity index (χ0) is 14.5. The minimum atomic E-state index is -0.0102. The molecule has 0 saturated carbocycles. The van der Waals surface area contributed by atoms with E-state index in [4.69, 9.17) is 10.5 Å². The van der Waals surface area contributed by atoms with Gasteiger partial charge in [0, 0.05) is 23.7 Å². The summed E-state index contributed by atoms with van der Waals surface area (Å²) in [4.78, 5) is 0. The fraction of sp³-hybridized carbons (Fsp3) is 0.625. The van der Waals surface area contributed by atoms with Gasteiger partial charge in [0.2, 0.25) is 0 Å². The summed E-state index contributed by atoms with van der Waals surface area (Å²) in [5, 5.41) is 3.51. The molecule has 0 aromatic heterocycles. The second-order valence-corrected chi connectivity index (χ2v) is 6.04. The van der Waals surface area contributed by atoms with Crippen molar-refractivity contribution >= 4 is 0 Å². The Hall–Kier alpha value is -1.06. The predicted octanol–water partition coefficient (Wildman–Crippen LogP) is 2.90. The zero-order valence-corrected chi connectivity index (χ0v) is 12.9. The number of nitrogens with one attached hydrogen (secondary N) is 1. The van der Waals surface area contributed by atoms with Crippen LogP contribution in [-0.4, -0.2) is 24.7 Å².